The molecule has 2 aromatic rings. The number of carbonyl (C=O) groups excluding carboxylic acids is 1. The van der Waals surface area contributed by atoms with Gasteiger partial charge in [-0.05, 0) is 24.8 Å². The van der Waals surface area contributed by atoms with Gasteiger partial charge in [0.2, 0.25) is 0 Å². The van der Waals surface area contributed by atoms with Gasteiger partial charge in [-0.1, -0.05) is 43.3 Å². The van der Waals surface area contributed by atoms with Crippen LogP contribution in [0.2, 0.25) is 0 Å². The van der Waals surface area contributed by atoms with Crippen molar-refractivity contribution < 1.29 is 4.79 Å². The maximum Gasteiger partial charge on any atom is 0.155 e. The predicted octanol–water partition coefficient (Wildman–Crippen LogP) is 3.44. The number of aromatic nitrogens is 2. The molecule has 0 unspecified atom stereocenters. The van der Waals surface area contributed by atoms with Crippen LogP contribution in [0.4, 0.5) is 0 Å². The Balaban J connectivity index is 1.91. The topological polar surface area (TPSA) is 34.9 Å². The number of rotatable bonds is 1. The van der Waals surface area contributed by atoms with Crippen LogP contribution < -0.4 is 0 Å². The minimum atomic E-state index is -0.105. The molecule has 0 amide bonds. The Bertz CT molecular complexity index is 772. The predicted molar refractivity (Wildman–Crippen MR) is 86.6 cm³/mol. The maximum absolute atomic E-state index is 11.8. The molecule has 2 aliphatic carbocycles. The fraction of sp³-hybridized carbons (Fsp3) is 0.368. The van der Waals surface area contributed by atoms with Crippen LogP contribution in [0.25, 0.3) is 11.3 Å². The first-order valence-electron chi connectivity index (χ1n) is 7.93. The second-order valence-electron chi connectivity index (χ2n) is 6.69. The molecule has 112 valence electrons. The van der Waals surface area contributed by atoms with E-state index in [0.29, 0.717) is 12.3 Å². The molecule has 0 spiro atoms. The highest BCUT2D eigenvalue weighted by atomic mass is 16.1. The smallest absolute Gasteiger partial charge is 0.155 e. The Morgan fingerprint density at radius 3 is 2.82 bits per heavy atom. The van der Waals surface area contributed by atoms with Gasteiger partial charge in [0, 0.05) is 30.0 Å². The minimum absolute atomic E-state index is 0.105. The molecule has 0 fully saturated rings. The average Bonchev–Trinajstić information content (AvgIpc) is 2.86. The van der Waals surface area contributed by atoms with Gasteiger partial charge in [0.05, 0.1) is 11.4 Å². The van der Waals surface area contributed by atoms with Crippen LogP contribution in [-0.4, -0.2) is 15.6 Å². The molecular formula is C19H20N2O. The highest BCUT2D eigenvalue weighted by Crippen LogP contribution is 2.47. The summed E-state index contributed by atoms with van der Waals surface area (Å²) in [7, 11) is 2.02. The fourth-order valence-corrected chi connectivity index (χ4v) is 4.11. The first-order chi connectivity index (χ1) is 10.6. The number of fused-ring (bicyclic) bond motifs is 3. The third-order valence-electron chi connectivity index (χ3n) is 5.36. The summed E-state index contributed by atoms with van der Waals surface area (Å²) in [6, 6.07) is 10.5. The Hall–Kier alpha value is -2.16. The van der Waals surface area contributed by atoms with E-state index in [4.69, 9.17) is 5.10 Å². The van der Waals surface area contributed by atoms with Crippen LogP contribution in [-0.2, 0) is 23.7 Å². The molecule has 0 bridgehead atoms. The van der Waals surface area contributed by atoms with Crippen LogP contribution in [0.1, 0.15) is 31.0 Å². The van der Waals surface area contributed by atoms with Gasteiger partial charge in [0.25, 0.3) is 0 Å². The van der Waals surface area contributed by atoms with Gasteiger partial charge in [0.15, 0.2) is 5.78 Å². The summed E-state index contributed by atoms with van der Waals surface area (Å²) in [5, 5.41) is 4.86. The summed E-state index contributed by atoms with van der Waals surface area (Å²) < 4.78 is 2.01. The van der Waals surface area contributed by atoms with Crippen LogP contribution in [0.3, 0.4) is 0 Å². The van der Waals surface area contributed by atoms with Crippen molar-refractivity contribution in [1.82, 2.24) is 9.78 Å². The summed E-state index contributed by atoms with van der Waals surface area (Å²) in [4.78, 5) is 11.8. The number of allylic oxidation sites excluding steroid dienone is 2. The average molecular weight is 292 g/mol. The zero-order valence-corrected chi connectivity index (χ0v) is 13.0. The Labute approximate surface area is 130 Å². The molecule has 2 atom stereocenters. The van der Waals surface area contributed by atoms with Gasteiger partial charge < -0.3 is 0 Å². The Morgan fingerprint density at radius 2 is 2.05 bits per heavy atom. The van der Waals surface area contributed by atoms with Crippen molar-refractivity contribution in [2.75, 3.05) is 0 Å². The largest absolute Gasteiger partial charge is 0.295 e. The van der Waals surface area contributed by atoms with E-state index >= 15 is 0 Å². The van der Waals surface area contributed by atoms with Crippen molar-refractivity contribution in [1.29, 1.82) is 0 Å². The Kier molecular flexibility index (Phi) is 2.86. The number of carbonyl (C=O) groups is 1. The lowest BCUT2D eigenvalue weighted by molar-refractivity contribution is -0.116. The van der Waals surface area contributed by atoms with Gasteiger partial charge >= 0.3 is 0 Å². The van der Waals surface area contributed by atoms with Crippen LogP contribution >= 0.6 is 0 Å². The third-order valence-corrected chi connectivity index (χ3v) is 5.36. The monoisotopic (exact) mass is 292 g/mol. The molecule has 0 saturated carbocycles. The fourth-order valence-electron chi connectivity index (χ4n) is 4.11. The lowest BCUT2D eigenvalue weighted by Crippen LogP contribution is -2.39. The van der Waals surface area contributed by atoms with E-state index in [-0.39, 0.29) is 11.2 Å². The summed E-state index contributed by atoms with van der Waals surface area (Å²) >= 11 is 0. The standard InChI is InChI=1S/C19H20N2O/c1-19-11-10-15(22)12-14(19)8-9-16-17(21(2)20-18(16)19)13-6-4-3-5-7-13/h3-7,10-11,14H,8-9,12H2,1-2H3/t14-,19-/m0/s1. The van der Waals surface area contributed by atoms with Gasteiger partial charge in [-0.25, -0.2) is 0 Å². The summed E-state index contributed by atoms with van der Waals surface area (Å²) in [6.45, 7) is 2.24. The number of benzene rings is 1. The molecule has 2 aliphatic rings. The maximum atomic E-state index is 11.8. The van der Waals surface area contributed by atoms with Crippen molar-refractivity contribution in [2.45, 2.75) is 31.6 Å². The van der Waals surface area contributed by atoms with Gasteiger partial charge in [-0.2, -0.15) is 5.10 Å². The van der Waals surface area contributed by atoms with Crippen LogP contribution in [0.15, 0.2) is 42.5 Å². The number of hydrogen-bond acceptors (Lipinski definition) is 2. The van der Waals surface area contributed by atoms with E-state index in [0.717, 1.165) is 18.5 Å². The van der Waals surface area contributed by atoms with E-state index in [1.807, 2.05) is 17.8 Å². The molecule has 3 nitrogen and oxygen atoms in total. The lowest BCUT2D eigenvalue weighted by atomic mass is 9.63. The van der Waals surface area contributed by atoms with E-state index in [1.165, 1.54) is 16.8 Å². The van der Waals surface area contributed by atoms with Crippen molar-refractivity contribution in [3.05, 3.63) is 53.7 Å². The summed E-state index contributed by atoms with van der Waals surface area (Å²) in [5.74, 6) is 0.640. The van der Waals surface area contributed by atoms with E-state index in [1.54, 1.807) is 6.08 Å². The second-order valence-corrected chi connectivity index (χ2v) is 6.69. The molecule has 1 heterocycles. The molecule has 1 aromatic heterocycles. The molecule has 3 heteroatoms. The van der Waals surface area contributed by atoms with Crippen molar-refractivity contribution in [2.24, 2.45) is 13.0 Å². The molecule has 0 saturated heterocycles. The summed E-state index contributed by atoms with van der Waals surface area (Å²) in [6.07, 6.45) is 6.56. The molecule has 22 heavy (non-hydrogen) atoms. The second kappa shape index (κ2) is 4.67. The number of aryl methyl sites for hydroxylation is 1. The molecule has 0 aliphatic heterocycles. The summed E-state index contributed by atoms with van der Waals surface area (Å²) in [5.41, 5.74) is 4.85. The molecule has 1 aromatic carbocycles. The normalized spacial score (nSPS) is 26.6. The van der Waals surface area contributed by atoms with Crippen molar-refractivity contribution in [3.63, 3.8) is 0 Å². The van der Waals surface area contributed by atoms with Gasteiger partial charge in [0.1, 0.15) is 0 Å². The van der Waals surface area contributed by atoms with E-state index < -0.39 is 0 Å². The zero-order valence-electron chi connectivity index (χ0n) is 13.0. The van der Waals surface area contributed by atoms with Gasteiger partial charge in [-0.3, -0.25) is 9.48 Å². The highest BCUT2D eigenvalue weighted by molar-refractivity contribution is 5.91. The Morgan fingerprint density at radius 1 is 1.27 bits per heavy atom. The highest BCUT2D eigenvalue weighted by Gasteiger charge is 2.44. The van der Waals surface area contributed by atoms with Gasteiger partial charge in [-0.15, -0.1) is 0 Å². The first-order valence-corrected chi connectivity index (χ1v) is 7.93. The first kappa shape index (κ1) is 13.5. The zero-order chi connectivity index (χ0) is 15.3. The number of ketones is 1. The quantitative estimate of drug-likeness (QED) is 0.807. The van der Waals surface area contributed by atoms with Crippen molar-refractivity contribution in [3.8, 4) is 11.3 Å². The van der Waals surface area contributed by atoms with E-state index in [2.05, 4.69) is 37.3 Å². The molecule has 0 radical (unpaired) electrons. The molecule has 4 rings (SSSR count). The SMILES string of the molecule is Cn1nc2c(c1-c1ccccc1)CC[C@H]1CC(=O)C=C[C@]21C. The van der Waals surface area contributed by atoms with Crippen LogP contribution in [0, 0.1) is 5.92 Å². The van der Waals surface area contributed by atoms with E-state index in [9.17, 15) is 4.79 Å². The molecule has 0 N–H and O–H groups in total. The third kappa shape index (κ3) is 1.81. The lowest BCUT2D eigenvalue weighted by Gasteiger charge is -2.40. The number of nitrogens with zero attached hydrogens (tertiary/aromatic N) is 2. The minimum Gasteiger partial charge on any atom is -0.295 e. The molecular weight excluding hydrogens is 272 g/mol. The van der Waals surface area contributed by atoms with Crippen LogP contribution in [0.5, 0.6) is 0 Å². The number of hydrogen-bond donors (Lipinski definition) is 0. The van der Waals surface area contributed by atoms with Crippen molar-refractivity contribution >= 4 is 5.78 Å².